The molecule has 3 aromatic rings. The highest BCUT2D eigenvalue weighted by atomic mass is 79.9. The summed E-state index contributed by atoms with van der Waals surface area (Å²) >= 11 is 3.09. The number of aliphatic hydroxyl groups excluding tert-OH is 1. The zero-order valence-electron chi connectivity index (χ0n) is 15.5. The first-order valence-electron chi connectivity index (χ1n) is 8.56. The Morgan fingerprint density at radius 3 is 2.60 bits per heavy atom. The van der Waals surface area contributed by atoms with E-state index < -0.39 is 29.8 Å². The van der Waals surface area contributed by atoms with Gasteiger partial charge in [-0.2, -0.15) is 4.98 Å². The third-order valence-electron chi connectivity index (χ3n) is 4.29. The fourth-order valence-electron chi connectivity index (χ4n) is 2.74. The molecule has 2 N–H and O–H groups in total. The Hall–Kier alpha value is -3.11. The predicted octanol–water partition coefficient (Wildman–Crippen LogP) is 3.35. The molecule has 156 valence electrons. The monoisotopic (exact) mass is 480 g/mol. The second-order valence-electron chi connectivity index (χ2n) is 6.28. The standard InChI is InChI=1S/C20H15BrF2N2O5/c1-10-2-3-11(20(28)29)6-15(10)25-16(8-26)24-18(17(21)19(25)27)30-9-12-4-5-13(22)7-14(12)23/h2-7,26H,8-9H2,1H3,(H,28,29). The molecular weight excluding hydrogens is 466 g/mol. The van der Waals surface area contributed by atoms with E-state index in [2.05, 4.69) is 20.9 Å². The molecule has 3 rings (SSSR count). The van der Waals surface area contributed by atoms with Crippen molar-refractivity contribution in [2.75, 3.05) is 0 Å². The van der Waals surface area contributed by atoms with Gasteiger partial charge in [-0.3, -0.25) is 9.36 Å². The Morgan fingerprint density at radius 1 is 1.23 bits per heavy atom. The number of hydrogen-bond acceptors (Lipinski definition) is 5. The largest absolute Gasteiger partial charge is 0.478 e. The van der Waals surface area contributed by atoms with Gasteiger partial charge in [0, 0.05) is 11.6 Å². The number of carbonyl (C=O) groups is 1. The Morgan fingerprint density at radius 2 is 1.97 bits per heavy atom. The highest BCUT2D eigenvalue weighted by Crippen LogP contribution is 2.24. The number of hydrogen-bond donors (Lipinski definition) is 2. The maximum atomic E-state index is 13.8. The molecule has 1 aromatic heterocycles. The number of aliphatic hydroxyl groups is 1. The van der Waals surface area contributed by atoms with E-state index in [0.717, 1.165) is 10.6 Å². The maximum absolute atomic E-state index is 13.8. The van der Waals surface area contributed by atoms with E-state index in [1.54, 1.807) is 6.92 Å². The van der Waals surface area contributed by atoms with E-state index >= 15 is 0 Å². The molecule has 7 nitrogen and oxygen atoms in total. The number of aromatic nitrogens is 2. The molecule has 2 aromatic carbocycles. The topological polar surface area (TPSA) is 102 Å². The average Bonchev–Trinajstić information content (AvgIpc) is 2.70. The van der Waals surface area contributed by atoms with E-state index in [4.69, 9.17) is 4.74 Å². The molecule has 1 heterocycles. The first-order valence-corrected chi connectivity index (χ1v) is 9.35. The Labute approximate surface area is 177 Å². The number of benzene rings is 2. The first-order chi connectivity index (χ1) is 14.2. The van der Waals surface area contributed by atoms with Gasteiger partial charge in [-0.15, -0.1) is 0 Å². The number of carboxylic acids is 1. The summed E-state index contributed by atoms with van der Waals surface area (Å²) in [5.74, 6) is -3.04. The second kappa shape index (κ2) is 8.72. The van der Waals surface area contributed by atoms with Crippen LogP contribution in [-0.4, -0.2) is 25.7 Å². The van der Waals surface area contributed by atoms with Crippen LogP contribution < -0.4 is 10.3 Å². The summed E-state index contributed by atoms with van der Waals surface area (Å²) in [5.41, 5.74) is 0.148. The number of rotatable bonds is 6. The second-order valence-corrected chi connectivity index (χ2v) is 7.07. The van der Waals surface area contributed by atoms with Crippen LogP contribution in [0.15, 0.2) is 45.7 Å². The van der Waals surface area contributed by atoms with Gasteiger partial charge in [0.05, 0.1) is 11.3 Å². The lowest BCUT2D eigenvalue weighted by Gasteiger charge is -2.16. The zero-order chi connectivity index (χ0) is 22.0. The molecule has 0 spiro atoms. The van der Waals surface area contributed by atoms with Crippen LogP contribution >= 0.6 is 15.9 Å². The lowest BCUT2D eigenvalue weighted by molar-refractivity contribution is 0.0697. The van der Waals surface area contributed by atoms with Crippen molar-refractivity contribution in [2.24, 2.45) is 0 Å². The van der Waals surface area contributed by atoms with Crippen molar-refractivity contribution in [2.45, 2.75) is 20.1 Å². The van der Waals surface area contributed by atoms with Gasteiger partial charge in [-0.25, -0.2) is 13.6 Å². The zero-order valence-corrected chi connectivity index (χ0v) is 17.1. The van der Waals surface area contributed by atoms with Crippen LogP contribution in [0.2, 0.25) is 0 Å². The minimum Gasteiger partial charge on any atom is -0.478 e. The Balaban J connectivity index is 2.05. The van der Waals surface area contributed by atoms with Crippen molar-refractivity contribution in [1.29, 1.82) is 0 Å². The fraction of sp³-hybridized carbons (Fsp3) is 0.150. The normalized spacial score (nSPS) is 10.8. The molecule has 0 atom stereocenters. The van der Waals surface area contributed by atoms with E-state index in [9.17, 15) is 28.6 Å². The predicted molar refractivity (Wildman–Crippen MR) is 106 cm³/mol. The molecule has 0 aliphatic heterocycles. The van der Waals surface area contributed by atoms with Gasteiger partial charge in [-0.05, 0) is 52.7 Å². The number of aryl methyl sites for hydroxylation is 1. The molecule has 0 bridgehead atoms. The van der Waals surface area contributed by atoms with Gasteiger partial charge in [-0.1, -0.05) is 6.07 Å². The quantitative estimate of drug-likeness (QED) is 0.560. The van der Waals surface area contributed by atoms with Crippen LogP contribution in [0, 0.1) is 18.6 Å². The molecule has 30 heavy (non-hydrogen) atoms. The summed E-state index contributed by atoms with van der Waals surface area (Å²) in [5, 5.41) is 19.0. The van der Waals surface area contributed by atoms with Crippen molar-refractivity contribution < 1.29 is 28.5 Å². The van der Waals surface area contributed by atoms with Gasteiger partial charge >= 0.3 is 5.97 Å². The van der Waals surface area contributed by atoms with Crippen LogP contribution in [0.3, 0.4) is 0 Å². The lowest BCUT2D eigenvalue weighted by atomic mass is 10.1. The van der Waals surface area contributed by atoms with Crippen molar-refractivity contribution in [3.63, 3.8) is 0 Å². The van der Waals surface area contributed by atoms with Gasteiger partial charge < -0.3 is 14.9 Å². The molecular formula is C20H15BrF2N2O5. The number of halogens is 3. The van der Waals surface area contributed by atoms with Crippen molar-refractivity contribution in [3.05, 3.63) is 85.4 Å². The Kier molecular flexibility index (Phi) is 6.28. The summed E-state index contributed by atoms with van der Waals surface area (Å²) < 4.78 is 33.2. The van der Waals surface area contributed by atoms with Crippen molar-refractivity contribution in [1.82, 2.24) is 9.55 Å². The molecule has 0 saturated carbocycles. The fourth-order valence-corrected chi connectivity index (χ4v) is 3.12. The van der Waals surface area contributed by atoms with E-state index in [-0.39, 0.29) is 39.6 Å². The molecule has 0 saturated heterocycles. The van der Waals surface area contributed by atoms with Crippen molar-refractivity contribution >= 4 is 21.9 Å². The Bertz CT molecular complexity index is 1200. The molecule has 0 unspecified atom stereocenters. The highest BCUT2D eigenvalue weighted by molar-refractivity contribution is 9.10. The molecule has 0 aliphatic carbocycles. The van der Waals surface area contributed by atoms with Crippen molar-refractivity contribution in [3.8, 4) is 11.6 Å². The number of nitrogens with zero attached hydrogens (tertiary/aromatic N) is 2. The minimum absolute atomic E-state index is 0.0461. The van der Waals surface area contributed by atoms with Crippen LogP contribution in [0.1, 0.15) is 27.3 Å². The van der Waals surface area contributed by atoms with Gasteiger partial charge in [0.2, 0.25) is 5.88 Å². The number of aromatic carboxylic acids is 1. The van der Waals surface area contributed by atoms with E-state index in [0.29, 0.717) is 11.6 Å². The van der Waals surface area contributed by atoms with Gasteiger partial charge in [0.1, 0.15) is 35.1 Å². The third-order valence-corrected chi connectivity index (χ3v) is 4.96. The van der Waals surface area contributed by atoms with Crippen LogP contribution in [0.4, 0.5) is 8.78 Å². The molecule has 0 radical (unpaired) electrons. The molecule has 0 amide bonds. The van der Waals surface area contributed by atoms with Crippen LogP contribution in [0.25, 0.3) is 5.69 Å². The van der Waals surface area contributed by atoms with Crippen LogP contribution in [-0.2, 0) is 13.2 Å². The summed E-state index contributed by atoms with van der Waals surface area (Å²) in [6.07, 6.45) is 0. The first kappa shape index (κ1) is 21.6. The van der Waals surface area contributed by atoms with Crippen LogP contribution in [0.5, 0.6) is 5.88 Å². The number of carboxylic acid groups (broad SMARTS) is 1. The minimum atomic E-state index is -1.18. The summed E-state index contributed by atoms with van der Waals surface area (Å²) in [4.78, 5) is 28.3. The van der Waals surface area contributed by atoms with E-state index in [1.807, 2.05) is 0 Å². The molecule has 10 heteroatoms. The summed E-state index contributed by atoms with van der Waals surface area (Å²) in [6, 6.07) is 7.19. The smallest absolute Gasteiger partial charge is 0.335 e. The number of ether oxygens (including phenoxy) is 1. The molecule has 0 aliphatic rings. The summed E-state index contributed by atoms with van der Waals surface area (Å²) in [6.45, 7) is 0.685. The average molecular weight is 481 g/mol. The lowest BCUT2D eigenvalue weighted by Crippen LogP contribution is -2.26. The highest BCUT2D eigenvalue weighted by Gasteiger charge is 2.19. The summed E-state index contributed by atoms with van der Waals surface area (Å²) in [7, 11) is 0. The van der Waals surface area contributed by atoms with Gasteiger partial charge in [0.25, 0.3) is 5.56 Å². The van der Waals surface area contributed by atoms with Gasteiger partial charge in [0.15, 0.2) is 0 Å². The SMILES string of the molecule is Cc1ccc(C(=O)O)cc1-n1c(CO)nc(OCc2ccc(F)cc2F)c(Br)c1=O. The molecule has 0 fully saturated rings. The van der Waals surface area contributed by atoms with E-state index in [1.165, 1.54) is 24.3 Å². The third kappa shape index (κ3) is 4.24. The maximum Gasteiger partial charge on any atom is 0.335 e.